The maximum atomic E-state index is 13.7. The number of halogens is 2. The predicted molar refractivity (Wildman–Crippen MR) is 118 cm³/mol. The molecule has 1 fully saturated rings. The second-order valence-electron chi connectivity index (χ2n) is 8.32. The van der Waals surface area contributed by atoms with Gasteiger partial charge in [-0.3, -0.25) is 0 Å². The van der Waals surface area contributed by atoms with Crippen molar-refractivity contribution in [3.8, 4) is 5.75 Å². The number of unbranched alkanes of at least 4 members (excludes halogenated alkanes) is 3. The average molecular weight is 439 g/mol. The quantitative estimate of drug-likeness (QED) is 0.324. The molecular formula is C24H36F2N2O3. The van der Waals surface area contributed by atoms with Crippen molar-refractivity contribution < 1.29 is 23.0 Å². The summed E-state index contributed by atoms with van der Waals surface area (Å²) in [7, 11) is 3.77. The van der Waals surface area contributed by atoms with E-state index in [0.717, 1.165) is 63.9 Å². The van der Waals surface area contributed by atoms with Crippen LogP contribution in [0.3, 0.4) is 0 Å². The second-order valence-corrected chi connectivity index (χ2v) is 8.32. The van der Waals surface area contributed by atoms with E-state index in [1.54, 1.807) is 7.05 Å². The Morgan fingerprint density at radius 3 is 2.52 bits per heavy atom. The molecule has 1 saturated carbocycles. The van der Waals surface area contributed by atoms with Crippen molar-refractivity contribution in [2.24, 2.45) is 0 Å². The Bertz CT molecular complexity index is 693. The van der Waals surface area contributed by atoms with E-state index in [4.69, 9.17) is 9.47 Å². The van der Waals surface area contributed by atoms with Crippen LogP contribution in [0.2, 0.25) is 0 Å². The first kappa shape index (κ1) is 25.3. The Morgan fingerprint density at radius 1 is 1.13 bits per heavy atom. The van der Waals surface area contributed by atoms with Gasteiger partial charge in [0.1, 0.15) is 5.82 Å². The van der Waals surface area contributed by atoms with Crippen LogP contribution in [0.4, 0.5) is 13.6 Å². The Hall–Kier alpha value is -1.99. The highest BCUT2D eigenvalue weighted by atomic mass is 19.1. The number of amides is 1. The first-order valence-corrected chi connectivity index (χ1v) is 11.2. The molecule has 5 nitrogen and oxygen atoms in total. The highest BCUT2D eigenvalue weighted by Crippen LogP contribution is 2.26. The lowest BCUT2D eigenvalue weighted by atomic mass is 9.92. The average Bonchev–Trinajstić information content (AvgIpc) is 2.75. The molecule has 0 radical (unpaired) electrons. The largest absolute Gasteiger partial charge is 0.415 e. The zero-order valence-electron chi connectivity index (χ0n) is 18.8. The molecule has 0 unspecified atom stereocenters. The summed E-state index contributed by atoms with van der Waals surface area (Å²) in [6.45, 7) is 6.56. The van der Waals surface area contributed by atoms with Gasteiger partial charge in [0.25, 0.3) is 0 Å². The van der Waals surface area contributed by atoms with Crippen molar-refractivity contribution in [2.45, 2.75) is 63.5 Å². The zero-order valence-corrected chi connectivity index (χ0v) is 18.8. The van der Waals surface area contributed by atoms with Gasteiger partial charge in [-0.15, -0.1) is 6.58 Å². The molecule has 0 aromatic heterocycles. The molecule has 1 aliphatic carbocycles. The fourth-order valence-electron chi connectivity index (χ4n) is 3.87. The molecule has 0 bridgehead atoms. The third-order valence-electron chi connectivity index (χ3n) is 5.80. The van der Waals surface area contributed by atoms with Crippen LogP contribution in [0, 0.1) is 11.6 Å². The lowest BCUT2D eigenvalue weighted by molar-refractivity contribution is 0.0104. The summed E-state index contributed by atoms with van der Waals surface area (Å²) in [5, 5.41) is 0. The minimum Gasteiger partial charge on any atom is -0.407 e. The van der Waals surface area contributed by atoms with Crippen LogP contribution in [-0.2, 0) is 4.74 Å². The first-order chi connectivity index (χ1) is 14.9. The summed E-state index contributed by atoms with van der Waals surface area (Å²) in [6.07, 6.45) is 9.58. The van der Waals surface area contributed by atoms with Gasteiger partial charge in [-0.25, -0.2) is 13.6 Å². The van der Waals surface area contributed by atoms with Crippen LogP contribution >= 0.6 is 0 Å². The molecule has 7 heteroatoms. The number of rotatable bonds is 12. The summed E-state index contributed by atoms with van der Waals surface area (Å²) in [5.74, 6) is -1.86. The first-order valence-electron chi connectivity index (χ1n) is 11.2. The highest BCUT2D eigenvalue weighted by molar-refractivity contribution is 5.70. The number of carbonyl (C=O) groups excluding carboxylic acids is 1. The minimum absolute atomic E-state index is 0.0309. The van der Waals surface area contributed by atoms with Crippen LogP contribution in [-0.4, -0.2) is 61.8 Å². The van der Waals surface area contributed by atoms with E-state index < -0.39 is 17.7 Å². The summed E-state index contributed by atoms with van der Waals surface area (Å²) in [4.78, 5) is 16.1. The van der Waals surface area contributed by atoms with E-state index in [0.29, 0.717) is 6.07 Å². The molecule has 1 aromatic carbocycles. The van der Waals surface area contributed by atoms with Crippen molar-refractivity contribution in [1.29, 1.82) is 0 Å². The fourth-order valence-corrected chi connectivity index (χ4v) is 3.87. The van der Waals surface area contributed by atoms with Gasteiger partial charge in [0.2, 0.25) is 0 Å². The molecule has 0 atom stereocenters. The van der Waals surface area contributed by atoms with Gasteiger partial charge in [0.15, 0.2) is 11.6 Å². The van der Waals surface area contributed by atoms with Crippen LogP contribution in [0.15, 0.2) is 30.9 Å². The fraction of sp³-hybridized carbons (Fsp3) is 0.625. The molecule has 0 N–H and O–H groups in total. The lowest BCUT2D eigenvalue weighted by Crippen LogP contribution is -2.42. The SMILES string of the molecule is C=CCN(C)CCCCCCOC1CCC(N(C)C(=O)Oc2ccc(F)cc2F)CC1. The number of nitrogens with zero attached hydrogens (tertiary/aromatic N) is 2. The van der Waals surface area contributed by atoms with Crippen LogP contribution in [0.1, 0.15) is 51.4 Å². The van der Waals surface area contributed by atoms with Gasteiger partial charge in [0, 0.05) is 32.3 Å². The summed E-state index contributed by atoms with van der Waals surface area (Å²) in [6, 6.07) is 2.92. The minimum atomic E-state index is -0.886. The number of ether oxygens (including phenoxy) is 2. The Balaban J connectivity index is 1.59. The normalized spacial score (nSPS) is 18.7. The van der Waals surface area contributed by atoms with Crippen molar-refractivity contribution in [2.75, 3.05) is 33.8 Å². The standard InChI is InChI=1S/C24H36F2N2O3/c1-4-15-27(2)16-7-5-6-8-17-30-21-12-10-20(11-13-21)28(3)24(29)31-23-14-9-19(25)18-22(23)26/h4,9,14,18,20-21H,1,5-8,10-13,15-17H2,2-3H3. The van der Waals surface area contributed by atoms with Crippen molar-refractivity contribution in [1.82, 2.24) is 9.80 Å². The molecule has 0 heterocycles. The number of benzene rings is 1. The molecule has 0 saturated heterocycles. The van der Waals surface area contributed by atoms with Gasteiger partial charge >= 0.3 is 6.09 Å². The van der Waals surface area contributed by atoms with Crippen LogP contribution < -0.4 is 4.74 Å². The Labute approximate surface area is 185 Å². The second kappa shape index (κ2) is 13.4. The van der Waals surface area contributed by atoms with Gasteiger partial charge in [0.05, 0.1) is 6.10 Å². The third-order valence-corrected chi connectivity index (χ3v) is 5.80. The van der Waals surface area contributed by atoms with Gasteiger partial charge in [-0.05, 0) is 64.3 Å². The molecule has 0 aliphatic heterocycles. The molecule has 1 aliphatic rings. The summed E-state index contributed by atoms with van der Waals surface area (Å²) < 4.78 is 37.8. The van der Waals surface area contributed by atoms with Crippen molar-refractivity contribution in [3.63, 3.8) is 0 Å². The Kier molecular flexibility index (Phi) is 10.9. The number of likely N-dealkylation sites (N-methyl/N-ethyl adjacent to an activating group) is 1. The Morgan fingerprint density at radius 2 is 1.84 bits per heavy atom. The molecule has 2 rings (SSSR count). The molecule has 1 amide bonds. The van der Waals surface area contributed by atoms with E-state index in [2.05, 4.69) is 18.5 Å². The lowest BCUT2D eigenvalue weighted by Gasteiger charge is -2.34. The number of hydrogen-bond acceptors (Lipinski definition) is 4. The van der Waals surface area contributed by atoms with Crippen LogP contribution in [0.5, 0.6) is 5.75 Å². The number of hydrogen-bond donors (Lipinski definition) is 0. The van der Waals surface area contributed by atoms with E-state index in [-0.39, 0.29) is 17.9 Å². The number of carbonyl (C=O) groups is 1. The maximum absolute atomic E-state index is 13.7. The molecule has 174 valence electrons. The van der Waals surface area contributed by atoms with Gasteiger partial charge in [-0.1, -0.05) is 18.9 Å². The van der Waals surface area contributed by atoms with Crippen molar-refractivity contribution in [3.05, 3.63) is 42.5 Å². The zero-order chi connectivity index (χ0) is 22.6. The van der Waals surface area contributed by atoms with Crippen LogP contribution in [0.25, 0.3) is 0 Å². The molecule has 0 spiro atoms. The van der Waals surface area contributed by atoms with E-state index in [1.807, 2.05) is 6.08 Å². The van der Waals surface area contributed by atoms with E-state index in [1.165, 1.54) is 24.2 Å². The summed E-state index contributed by atoms with van der Waals surface area (Å²) >= 11 is 0. The summed E-state index contributed by atoms with van der Waals surface area (Å²) in [5.41, 5.74) is 0. The van der Waals surface area contributed by atoms with E-state index in [9.17, 15) is 13.6 Å². The van der Waals surface area contributed by atoms with Gasteiger partial charge in [-0.2, -0.15) is 0 Å². The molecular weight excluding hydrogens is 402 g/mol. The molecule has 1 aromatic rings. The monoisotopic (exact) mass is 438 g/mol. The predicted octanol–water partition coefficient (Wildman–Crippen LogP) is 5.40. The molecule has 31 heavy (non-hydrogen) atoms. The third kappa shape index (κ3) is 8.95. The van der Waals surface area contributed by atoms with Crippen molar-refractivity contribution >= 4 is 6.09 Å². The highest BCUT2D eigenvalue weighted by Gasteiger charge is 2.28. The topological polar surface area (TPSA) is 42.0 Å². The van der Waals surface area contributed by atoms with E-state index >= 15 is 0 Å². The smallest absolute Gasteiger partial charge is 0.407 e. The van der Waals surface area contributed by atoms with Gasteiger partial charge < -0.3 is 19.3 Å². The maximum Gasteiger partial charge on any atom is 0.415 e.